The molecule has 0 aromatic heterocycles. The van der Waals surface area contributed by atoms with Crippen LogP contribution >= 0.6 is 0 Å². The van der Waals surface area contributed by atoms with Gasteiger partial charge in [-0.05, 0) is 225 Å². The molecule has 0 nitrogen and oxygen atoms in total. The summed E-state index contributed by atoms with van der Waals surface area (Å²) in [7, 11) is 0. The van der Waals surface area contributed by atoms with Gasteiger partial charge in [0.05, 0.1) is 0 Å². The van der Waals surface area contributed by atoms with Crippen molar-refractivity contribution in [3.63, 3.8) is 0 Å². The molecule has 506 valence electrons. The number of aryl methyl sites for hydroxylation is 1. The van der Waals surface area contributed by atoms with E-state index in [-0.39, 0.29) is 5.92 Å². The van der Waals surface area contributed by atoms with Crippen LogP contribution in [-0.2, 0) is 6.42 Å². The largest absolute Gasteiger partial charge is 0.0952 e. The molecule has 3 atom stereocenters. The SMILES string of the molecule is C=C(/C=C\C(=C/C(C)CC)c1c2cc(C3=CCCC=C3)ccc2c(C(/C=C(/C)CC)=C/C=C(C)/C(C)=C/C=C\C(=C(/C)CC)c2ccccc2)c2ccc(-c3ccc4c(c3)C=CCC4)cc12)C(C)/C=C\C=C(\c1ccccc1)C(C)CC.CC.CC.CC.CCC.CCCC. The van der Waals surface area contributed by atoms with E-state index in [4.69, 9.17) is 6.58 Å². The first-order valence-electron chi connectivity index (χ1n) is 37.0. The van der Waals surface area contributed by atoms with Gasteiger partial charge in [-0.3, -0.25) is 0 Å². The zero-order valence-corrected chi connectivity index (χ0v) is 63.5. The number of rotatable bonds is 23. The molecule has 8 rings (SSSR count). The van der Waals surface area contributed by atoms with Crippen LogP contribution in [0.25, 0.3) is 66.6 Å². The third-order valence-corrected chi connectivity index (χ3v) is 17.8. The lowest BCUT2D eigenvalue weighted by molar-refractivity contribution is 0.700. The Bertz CT molecular complexity index is 3730. The highest BCUT2D eigenvalue weighted by Gasteiger charge is 2.21. The van der Waals surface area contributed by atoms with Gasteiger partial charge in [0, 0.05) is 0 Å². The summed E-state index contributed by atoms with van der Waals surface area (Å²) in [4.78, 5) is 0. The summed E-state index contributed by atoms with van der Waals surface area (Å²) in [5.74, 6) is 0.918. The van der Waals surface area contributed by atoms with Gasteiger partial charge in [-0.15, -0.1) is 0 Å². The normalized spacial score (nSPS) is 14.8. The van der Waals surface area contributed by atoms with Crippen LogP contribution in [0.1, 0.15) is 249 Å². The van der Waals surface area contributed by atoms with Crippen LogP contribution in [0.5, 0.6) is 0 Å². The Balaban J connectivity index is 0.00000168. The maximum Gasteiger partial charge on any atom is -0.00132 e. The highest BCUT2D eigenvalue weighted by atomic mass is 14.2. The minimum absolute atomic E-state index is 0.129. The summed E-state index contributed by atoms with van der Waals surface area (Å²) in [5, 5.41) is 5.00. The van der Waals surface area contributed by atoms with Crippen molar-refractivity contribution in [2.24, 2.45) is 17.8 Å². The lowest BCUT2D eigenvalue weighted by Crippen LogP contribution is -1.99. The molecule has 2 aliphatic carbocycles. The highest BCUT2D eigenvalue weighted by Crippen LogP contribution is 2.45. The zero-order chi connectivity index (χ0) is 70.2. The number of unbranched alkanes of at least 4 members (excludes halogenated alkanes) is 1. The number of fused-ring (bicyclic) bond motifs is 3. The fourth-order valence-corrected chi connectivity index (χ4v) is 11.1. The van der Waals surface area contributed by atoms with E-state index in [1.54, 1.807) is 0 Å². The van der Waals surface area contributed by atoms with E-state index in [0.717, 1.165) is 56.9 Å². The Kier molecular flexibility index (Phi) is 39.0. The maximum atomic E-state index is 4.75. The molecule has 6 aromatic carbocycles. The molecule has 6 aromatic rings. The Morgan fingerprint density at radius 2 is 1.08 bits per heavy atom. The molecule has 3 unspecified atom stereocenters. The van der Waals surface area contributed by atoms with Crippen LogP contribution in [0.4, 0.5) is 0 Å². The number of hydrogen-bond donors (Lipinski definition) is 0. The van der Waals surface area contributed by atoms with Crippen LogP contribution in [-0.4, -0.2) is 0 Å². The molecule has 0 radical (unpaired) electrons. The summed E-state index contributed by atoms with van der Waals surface area (Å²) in [5.41, 5.74) is 24.2. The van der Waals surface area contributed by atoms with Crippen molar-refractivity contribution in [2.75, 3.05) is 0 Å². The second-order valence-electron chi connectivity index (χ2n) is 24.8. The summed E-state index contributed by atoms with van der Waals surface area (Å²) in [6, 6.07) is 43.3. The minimum Gasteiger partial charge on any atom is -0.0952 e. The van der Waals surface area contributed by atoms with Gasteiger partial charge in [0.25, 0.3) is 0 Å². The van der Waals surface area contributed by atoms with Gasteiger partial charge >= 0.3 is 0 Å². The molecule has 0 bridgehead atoms. The first kappa shape index (κ1) is 81.4. The smallest absolute Gasteiger partial charge is 0.00132 e. The lowest BCUT2D eigenvalue weighted by Gasteiger charge is -2.22. The molecular weight excluding hydrogens is 1140 g/mol. The quantitative estimate of drug-likeness (QED) is 0.0443. The molecule has 0 spiro atoms. The third kappa shape index (κ3) is 24.7. The van der Waals surface area contributed by atoms with Gasteiger partial charge in [0.15, 0.2) is 0 Å². The molecule has 0 aliphatic heterocycles. The van der Waals surface area contributed by atoms with Crippen LogP contribution < -0.4 is 0 Å². The van der Waals surface area contributed by atoms with Crippen molar-refractivity contribution in [3.8, 4) is 11.1 Å². The lowest BCUT2D eigenvalue weighted by atomic mass is 9.81. The molecule has 0 heteroatoms. The average Bonchev–Trinajstić information content (AvgIpc) is 0.736. The molecule has 95 heavy (non-hydrogen) atoms. The van der Waals surface area contributed by atoms with Gasteiger partial charge in [-0.1, -0.05) is 361 Å². The van der Waals surface area contributed by atoms with Crippen molar-refractivity contribution in [2.45, 2.75) is 216 Å². The van der Waals surface area contributed by atoms with Crippen molar-refractivity contribution in [1.82, 2.24) is 0 Å². The molecule has 0 heterocycles. The van der Waals surface area contributed by atoms with E-state index >= 15 is 0 Å². The van der Waals surface area contributed by atoms with Crippen LogP contribution in [0, 0.1) is 17.8 Å². The predicted molar refractivity (Wildman–Crippen MR) is 437 cm³/mol. The van der Waals surface area contributed by atoms with E-state index in [1.807, 2.05) is 41.5 Å². The number of allylic oxidation sites excluding steroid dienone is 26. The van der Waals surface area contributed by atoms with Crippen LogP contribution in [0.2, 0.25) is 0 Å². The number of hydrogen-bond acceptors (Lipinski definition) is 0. The molecular formula is C95H126. The zero-order valence-electron chi connectivity index (χ0n) is 63.5. The average molecular weight is 1270 g/mol. The van der Waals surface area contributed by atoms with E-state index < -0.39 is 0 Å². The maximum absolute atomic E-state index is 4.75. The van der Waals surface area contributed by atoms with Crippen molar-refractivity contribution in [3.05, 3.63) is 286 Å². The fourth-order valence-electron chi connectivity index (χ4n) is 11.1. The van der Waals surface area contributed by atoms with Gasteiger partial charge in [0.2, 0.25) is 0 Å². The molecule has 0 saturated heterocycles. The summed E-state index contributed by atoms with van der Waals surface area (Å²) >= 11 is 0. The molecule has 0 N–H and O–H groups in total. The predicted octanol–water partition coefficient (Wildman–Crippen LogP) is 30.6. The van der Waals surface area contributed by atoms with Crippen molar-refractivity contribution >= 4 is 55.5 Å². The van der Waals surface area contributed by atoms with Crippen LogP contribution in [0.15, 0.2) is 247 Å². The number of benzene rings is 6. The summed E-state index contributed by atoms with van der Waals surface area (Å²) in [6.07, 6.45) is 52.0. The van der Waals surface area contributed by atoms with Gasteiger partial charge in [0.1, 0.15) is 0 Å². The van der Waals surface area contributed by atoms with E-state index in [1.165, 1.54) is 141 Å². The second-order valence-corrected chi connectivity index (χ2v) is 24.8. The van der Waals surface area contributed by atoms with E-state index in [2.05, 4.69) is 322 Å². The second kappa shape index (κ2) is 45.6. The van der Waals surface area contributed by atoms with Crippen LogP contribution in [0.3, 0.4) is 0 Å². The highest BCUT2D eigenvalue weighted by molar-refractivity contribution is 6.19. The topological polar surface area (TPSA) is 0 Å². The Morgan fingerprint density at radius 3 is 1.66 bits per heavy atom. The van der Waals surface area contributed by atoms with Crippen molar-refractivity contribution < 1.29 is 0 Å². The third-order valence-electron chi connectivity index (χ3n) is 17.8. The minimum atomic E-state index is 0.129. The molecule has 0 amide bonds. The summed E-state index contributed by atoms with van der Waals surface area (Å²) < 4.78 is 0. The first-order valence-corrected chi connectivity index (χ1v) is 37.0. The Morgan fingerprint density at radius 1 is 0.516 bits per heavy atom. The van der Waals surface area contributed by atoms with E-state index in [0.29, 0.717) is 11.8 Å². The molecule has 2 aliphatic rings. The summed E-state index contributed by atoms with van der Waals surface area (Å²) in [6.45, 7) is 50.4. The molecule has 0 fully saturated rings. The Hall–Kier alpha value is -7.80. The monoisotopic (exact) mass is 1270 g/mol. The molecule has 0 saturated carbocycles. The van der Waals surface area contributed by atoms with Crippen molar-refractivity contribution in [1.29, 1.82) is 0 Å². The standard InChI is InChI=1S/C82H90.C4H10.C3H8.3C2H6/c1-13-57(5)52-73(44-42-63(11)61(9)30-28-40-75(59(7)15-3)67-35-22-18-23-36-67)81-77-50-48-71(65-32-20-17-21-33-65)55-79(77)82(80-56-72(49-51-78(80)81)70-47-46-66-34-26-27-39-69(66)54-70)74(53-58(6)14-2)45-43-64(12)62(10)31-29-41-76(60(8)16-4)68-37-24-19-25-38-68;1-3-4-2;1-3-2;3*1-2/h18-20,22-25,27-33,35-56,58,60,62H,12-17,21,26,34H2,1-11H3;3-4H2,1-2H3;3H2,1-2H3;3*1-2H3/b31-29-,40-28-,45-43-,57-52-,61-30+,63-42+,73-44+,74-53+,75-59-,76-41+;;;;;. The van der Waals surface area contributed by atoms with E-state index in [9.17, 15) is 0 Å². The van der Waals surface area contributed by atoms with Gasteiger partial charge < -0.3 is 0 Å². The Labute approximate surface area is 582 Å². The van der Waals surface area contributed by atoms with Gasteiger partial charge in [-0.25, -0.2) is 0 Å². The van der Waals surface area contributed by atoms with Gasteiger partial charge in [-0.2, -0.15) is 0 Å². The first-order chi connectivity index (χ1) is 46.1. The fraction of sp³-hybridized carbons (Fsp3) is 0.368.